The average molecular weight is 279 g/mol. The molecule has 0 radical (unpaired) electrons. The van der Waals surface area contributed by atoms with Crippen molar-refractivity contribution in [2.24, 2.45) is 5.10 Å². The number of anilines is 1. The van der Waals surface area contributed by atoms with Crippen molar-refractivity contribution < 1.29 is 4.74 Å². The van der Waals surface area contributed by atoms with Crippen LogP contribution in [0.25, 0.3) is 0 Å². The topological polar surface area (TPSA) is 79.4 Å². The Kier molecular flexibility index (Phi) is 4.15. The van der Waals surface area contributed by atoms with E-state index in [0.717, 1.165) is 11.3 Å². The molecule has 0 saturated carbocycles. The number of hydrogen-bond donors (Lipinski definition) is 2. The number of H-pyrrole nitrogens is 1. The summed E-state index contributed by atoms with van der Waals surface area (Å²) in [6.45, 7) is 0. The predicted molar refractivity (Wildman–Crippen MR) is 74.1 cm³/mol. The van der Waals surface area contributed by atoms with Crippen LogP contribution >= 0.6 is 11.6 Å². The normalized spacial score (nSPS) is 10.6. The Hall–Kier alpha value is -2.34. The minimum atomic E-state index is -0.469. The second-order valence-corrected chi connectivity index (χ2v) is 3.95. The van der Waals surface area contributed by atoms with E-state index < -0.39 is 5.56 Å². The van der Waals surface area contributed by atoms with Crippen molar-refractivity contribution in [3.05, 3.63) is 51.4 Å². The lowest BCUT2D eigenvalue weighted by molar-refractivity contribution is 0.415. The van der Waals surface area contributed by atoms with E-state index in [9.17, 15) is 4.79 Å². The Labute approximate surface area is 114 Å². The lowest BCUT2D eigenvalue weighted by Crippen LogP contribution is -2.10. The third-order valence-electron chi connectivity index (χ3n) is 2.29. The summed E-state index contributed by atoms with van der Waals surface area (Å²) in [5.41, 5.74) is 3.37. The second kappa shape index (κ2) is 6.01. The number of halogens is 1. The summed E-state index contributed by atoms with van der Waals surface area (Å²) < 4.78 is 5.10. The first-order chi connectivity index (χ1) is 9.20. The molecule has 98 valence electrons. The van der Waals surface area contributed by atoms with Crippen LogP contribution in [0, 0.1) is 0 Å². The number of hydrogen-bond acceptors (Lipinski definition) is 5. The maximum atomic E-state index is 11.2. The molecule has 1 aromatic carbocycles. The summed E-state index contributed by atoms with van der Waals surface area (Å²) in [5.74, 6) is 0.736. The minimum Gasteiger partial charge on any atom is -0.497 e. The molecule has 2 aromatic rings. The third-order valence-corrected chi connectivity index (χ3v) is 2.66. The summed E-state index contributed by atoms with van der Waals surface area (Å²) in [6.07, 6.45) is 2.96. The maximum Gasteiger partial charge on any atom is 0.285 e. The van der Waals surface area contributed by atoms with Crippen molar-refractivity contribution in [2.75, 3.05) is 12.5 Å². The van der Waals surface area contributed by atoms with E-state index >= 15 is 0 Å². The van der Waals surface area contributed by atoms with Gasteiger partial charge in [0.15, 0.2) is 0 Å². The van der Waals surface area contributed by atoms with Crippen LogP contribution in [0.4, 0.5) is 5.69 Å². The Morgan fingerprint density at radius 2 is 2.37 bits per heavy atom. The highest BCUT2D eigenvalue weighted by Gasteiger charge is 2.02. The molecular weight excluding hydrogens is 268 g/mol. The largest absolute Gasteiger partial charge is 0.497 e. The molecule has 0 unspecified atom stereocenters. The molecule has 0 bridgehead atoms. The number of rotatable bonds is 4. The van der Waals surface area contributed by atoms with Crippen molar-refractivity contribution in [3.63, 3.8) is 0 Å². The van der Waals surface area contributed by atoms with E-state index in [2.05, 4.69) is 20.7 Å². The van der Waals surface area contributed by atoms with Crippen molar-refractivity contribution in [1.29, 1.82) is 0 Å². The summed E-state index contributed by atoms with van der Waals surface area (Å²) in [5, 5.41) is 9.83. The summed E-state index contributed by atoms with van der Waals surface area (Å²) in [4.78, 5) is 11.2. The summed E-state index contributed by atoms with van der Waals surface area (Å²) >= 11 is 5.78. The van der Waals surface area contributed by atoms with Crippen molar-refractivity contribution in [1.82, 2.24) is 10.2 Å². The zero-order chi connectivity index (χ0) is 13.7. The van der Waals surface area contributed by atoms with Gasteiger partial charge in [-0.25, -0.2) is 5.10 Å². The fourth-order valence-corrected chi connectivity index (χ4v) is 1.49. The van der Waals surface area contributed by atoms with E-state index in [0.29, 0.717) is 5.69 Å². The first-order valence-electron chi connectivity index (χ1n) is 5.37. The molecule has 2 N–H and O–H groups in total. The van der Waals surface area contributed by atoms with E-state index in [1.807, 2.05) is 24.3 Å². The number of aromatic nitrogens is 2. The van der Waals surface area contributed by atoms with Crippen LogP contribution < -0.4 is 15.7 Å². The molecule has 7 heteroatoms. The highest BCUT2D eigenvalue weighted by Crippen LogP contribution is 2.14. The van der Waals surface area contributed by atoms with Gasteiger partial charge in [0.2, 0.25) is 0 Å². The van der Waals surface area contributed by atoms with Crippen molar-refractivity contribution in [2.45, 2.75) is 0 Å². The van der Waals surface area contributed by atoms with Gasteiger partial charge in [-0.05, 0) is 17.7 Å². The van der Waals surface area contributed by atoms with Gasteiger partial charge in [-0.3, -0.25) is 10.2 Å². The predicted octanol–water partition coefficient (Wildman–Crippen LogP) is 1.88. The molecule has 0 aliphatic carbocycles. The monoisotopic (exact) mass is 278 g/mol. The fourth-order valence-electron chi connectivity index (χ4n) is 1.36. The van der Waals surface area contributed by atoms with Gasteiger partial charge >= 0.3 is 0 Å². The third kappa shape index (κ3) is 3.32. The van der Waals surface area contributed by atoms with E-state index in [1.54, 1.807) is 13.3 Å². The van der Waals surface area contributed by atoms with Gasteiger partial charge in [-0.15, -0.1) is 0 Å². The quantitative estimate of drug-likeness (QED) is 0.661. The molecule has 0 atom stereocenters. The van der Waals surface area contributed by atoms with E-state index in [4.69, 9.17) is 16.3 Å². The number of hydrazone groups is 1. The molecule has 0 amide bonds. The van der Waals surface area contributed by atoms with Gasteiger partial charge in [-0.1, -0.05) is 23.7 Å². The van der Waals surface area contributed by atoms with Crippen LogP contribution in [-0.2, 0) is 0 Å². The van der Waals surface area contributed by atoms with Gasteiger partial charge in [-0.2, -0.15) is 10.2 Å². The molecule has 6 nitrogen and oxygen atoms in total. The molecule has 0 aliphatic rings. The van der Waals surface area contributed by atoms with E-state index in [1.165, 1.54) is 6.20 Å². The molecular formula is C12H11ClN4O2. The smallest absolute Gasteiger partial charge is 0.285 e. The van der Waals surface area contributed by atoms with Crippen LogP contribution in [0.1, 0.15) is 5.56 Å². The summed E-state index contributed by atoms with van der Waals surface area (Å²) in [6, 6.07) is 7.37. The number of nitrogens with zero attached hydrogens (tertiary/aromatic N) is 2. The van der Waals surface area contributed by atoms with Gasteiger partial charge in [0, 0.05) is 0 Å². The number of benzene rings is 1. The molecule has 0 spiro atoms. The van der Waals surface area contributed by atoms with Crippen LogP contribution in [0.3, 0.4) is 0 Å². The molecule has 2 rings (SSSR count). The lowest BCUT2D eigenvalue weighted by Gasteiger charge is -2.01. The Bertz CT molecular complexity index is 654. The minimum absolute atomic E-state index is 0.0118. The van der Waals surface area contributed by atoms with Gasteiger partial charge < -0.3 is 4.74 Å². The number of methoxy groups -OCH3 is 1. The van der Waals surface area contributed by atoms with Crippen LogP contribution in [0.5, 0.6) is 5.75 Å². The standard InChI is InChI=1S/C12H11ClN4O2/c1-19-9-4-2-3-8(5-9)6-14-16-10-7-15-17-12(18)11(10)13/h2-7H,1H3,(H2,16,17,18)/b14-6-. The van der Waals surface area contributed by atoms with Crippen molar-refractivity contribution in [3.8, 4) is 5.75 Å². The summed E-state index contributed by atoms with van der Waals surface area (Å²) in [7, 11) is 1.59. The number of ether oxygens (including phenoxy) is 1. The molecule has 1 aromatic heterocycles. The number of aromatic amines is 1. The van der Waals surface area contributed by atoms with Crippen LogP contribution in [0.2, 0.25) is 5.02 Å². The Morgan fingerprint density at radius 3 is 3.16 bits per heavy atom. The molecule has 0 aliphatic heterocycles. The molecule has 1 heterocycles. The van der Waals surface area contributed by atoms with Gasteiger partial charge in [0.25, 0.3) is 5.56 Å². The first kappa shape index (κ1) is 13.1. The highest BCUT2D eigenvalue weighted by atomic mass is 35.5. The van der Waals surface area contributed by atoms with Gasteiger partial charge in [0.05, 0.1) is 19.5 Å². The molecule has 0 saturated heterocycles. The Balaban J connectivity index is 2.11. The van der Waals surface area contributed by atoms with Crippen molar-refractivity contribution >= 4 is 23.5 Å². The first-order valence-corrected chi connectivity index (χ1v) is 5.75. The number of nitrogens with one attached hydrogen (secondary N) is 2. The average Bonchev–Trinajstić information content (AvgIpc) is 2.44. The van der Waals surface area contributed by atoms with Gasteiger partial charge in [0.1, 0.15) is 16.5 Å². The molecule has 0 fully saturated rings. The zero-order valence-electron chi connectivity index (χ0n) is 10.1. The van der Waals surface area contributed by atoms with Crippen LogP contribution in [0.15, 0.2) is 40.4 Å². The Morgan fingerprint density at radius 1 is 1.53 bits per heavy atom. The highest BCUT2D eigenvalue weighted by molar-refractivity contribution is 6.32. The molecule has 19 heavy (non-hydrogen) atoms. The maximum absolute atomic E-state index is 11.2. The second-order valence-electron chi connectivity index (χ2n) is 3.57. The fraction of sp³-hybridized carbons (Fsp3) is 0.0833. The zero-order valence-corrected chi connectivity index (χ0v) is 10.8. The van der Waals surface area contributed by atoms with E-state index in [-0.39, 0.29) is 5.02 Å². The van der Waals surface area contributed by atoms with Crippen LogP contribution in [-0.4, -0.2) is 23.5 Å². The lowest BCUT2D eigenvalue weighted by atomic mass is 10.2. The SMILES string of the molecule is COc1cccc(/C=N\Nc2cn[nH]c(=O)c2Cl)c1.